The van der Waals surface area contributed by atoms with Crippen LogP contribution in [-0.4, -0.2) is 30.9 Å². The largest absolute Gasteiger partial charge is 0.586 e. The van der Waals surface area contributed by atoms with Crippen LogP contribution >= 0.6 is 11.3 Å². The van der Waals surface area contributed by atoms with E-state index in [4.69, 9.17) is 15.7 Å². The zero-order valence-electron chi connectivity index (χ0n) is 20.2. The minimum atomic E-state index is -3.73. The second-order valence-electron chi connectivity index (χ2n) is 10.1. The molecule has 1 aliphatic carbocycles. The Labute approximate surface area is 210 Å². The van der Waals surface area contributed by atoms with E-state index in [1.807, 2.05) is 6.92 Å². The Hall–Kier alpha value is -3.08. The van der Waals surface area contributed by atoms with E-state index in [1.54, 1.807) is 17.4 Å². The van der Waals surface area contributed by atoms with Crippen molar-refractivity contribution in [2.45, 2.75) is 65.1 Å². The summed E-state index contributed by atoms with van der Waals surface area (Å²) in [5.41, 5.74) is 7.85. The molecule has 2 atom stereocenters. The summed E-state index contributed by atoms with van der Waals surface area (Å²) in [6.45, 7) is 4.35. The van der Waals surface area contributed by atoms with Gasteiger partial charge in [-0.15, -0.1) is 25.2 Å². The number of halogens is 2. The highest BCUT2D eigenvalue weighted by atomic mass is 32.1. The minimum Gasteiger partial charge on any atom is -0.395 e. The maximum absolute atomic E-state index is 13.6. The molecular weight excluding hydrogens is 486 g/mol. The van der Waals surface area contributed by atoms with Gasteiger partial charge >= 0.3 is 6.29 Å². The first kappa shape index (κ1) is 23.3. The lowest BCUT2D eigenvalue weighted by Crippen LogP contribution is -2.26. The Morgan fingerprint density at radius 1 is 1.19 bits per heavy atom. The average molecular weight is 515 g/mol. The molecule has 0 saturated heterocycles. The van der Waals surface area contributed by atoms with Gasteiger partial charge in [0.25, 0.3) is 0 Å². The van der Waals surface area contributed by atoms with Crippen molar-refractivity contribution in [3.8, 4) is 11.5 Å². The van der Waals surface area contributed by atoms with Gasteiger partial charge in [-0.3, -0.25) is 0 Å². The molecule has 3 aromatic heterocycles. The Balaban J connectivity index is 1.22. The fourth-order valence-electron chi connectivity index (χ4n) is 5.00. The molecule has 0 radical (unpaired) electrons. The minimum absolute atomic E-state index is 0.0537. The first-order valence-corrected chi connectivity index (χ1v) is 13.3. The van der Waals surface area contributed by atoms with Crippen molar-refractivity contribution >= 4 is 33.8 Å². The Kier molecular flexibility index (Phi) is 5.70. The fraction of sp³-hybridized carbons (Fsp3) is 0.520. The molecule has 1 aromatic carbocycles. The second kappa shape index (κ2) is 8.79. The quantitative estimate of drug-likeness (QED) is 0.312. The van der Waals surface area contributed by atoms with E-state index in [-0.39, 0.29) is 23.0 Å². The molecule has 2 unspecified atom stereocenters. The number of nitrogens with zero attached hydrogens (tertiary/aromatic N) is 5. The standard InChI is InChI=1S/C25H28F2N6O2S/c1-13(16(7-6-15-4-5-15)11-20-29-14(2)12-36-20)3-10-19-30-23-17-8-9-18-22(35-25(26,27)34-18)21(17)31-24(28)33(23)32-19/h8-9,12-13,15-16H,3-7,10-11H2,1-2H3,(H2,28,31). The molecule has 4 heterocycles. The van der Waals surface area contributed by atoms with Gasteiger partial charge in [0.2, 0.25) is 5.95 Å². The average Bonchev–Trinajstić information content (AvgIpc) is 3.24. The van der Waals surface area contributed by atoms with Crippen LogP contribution in [-0.2, 0) is 12.8 Å². The van der Waals surface area contributed by atoms with Crippen molar-refractivity contribution < 1.29 is 18.3 Å². The predicted octanol–water partition coefficient (Wildman–Crippen LogP) is 5.56. The van der Waals surface area contributed by atoms with Crippen molar-refractivity contribution in [3.05, 3.63) is 34.0 Å². The van der Waals surface area contributed by atoms with Crippen LogP contribution in [0.4, 0.5) is 14.7 Å². The molecule has 6 rings (SSSR count). The highest BCUT2D eigenvalue weighted by molar-refractivity contribution is 7.09. The molecule has 11 heteroatoms. The molecule has 4 aromatic rings. The smallest absolute Gasteiger partial charge is 0.395 e. The van der Waals surface area contributed by atoms with Crippen LogP contribution in [0, 0.1) is 24.7 Å². The number of fused-ring (bicyclic) bond motifs is 5. The molecule has 8 nitrogen and oxygen atoms in total. The summed E-state index contributed by atoms with van der Waals surface area (Å²) in [5, 5.41) is 8.43. The number of nitrogens with two attached hydrogens (primary N) is 1. The van der Waals surface area contributed by atoms with E-state index in [2.05, 4.69) is 31.9 Å². The number of benzene rings is 1. The molecule has 2 aliphatic rings. The van der Waals surface area contributed by atoms with E-state index in [1.165, 1.54) is 41.3 Å². The molecular formula is C25H28F2N6O2S. The maximum Gasteiger partial charge on any atom is 0.586 e. The van der Waals surface area contributed by atoms with Crippen LogP contribution < -0.4 is 15.2 Å². The summed E-state index contributed by atoms with van der Waals surface area (Å²) in [4.78, 5) is 13.7. The molecule has 1 saturated carbocycles. The summed E-state index contributed by atoms with van der Waals surface area (Å²) < 4.78 is 37.9. The third-order valence-electron chi connectivity index (χ3n) is 7.25. The summed E-state index contributed by atoms with van der Waals surface area (Å²) in [5.74, 6) is 2.42. The zero-order valence-corrected chi connectivity index (χ0v) is 21.0. The van der Waals surface area contributed by atoms with Crippen molar-refractivity contribution in [1.29, 1.82) is 0 Å². The van der Waals surface area contributed by atoms with Gasteiger partial charge in [0, 0.05) is 29.3 Å². The molecule has 1 aliphatic heterocycles. The number of hydrogen-bond donors (Lipinski definition) is 1. The van der Waals surface area contributed by atoms with Crippen LogP contribution in [0.3, 0.4) is 0 Å². The van der Waals surface area contributed by atoms with Crippen LogP contribution in [0.1, 0.15) is 55.6 Å². The van der Waals surface area contributed by atoms with Crippen LogP contribution in [0.5, 0.6) is 11.5 Å². The normalized spacial score (nSPS) is 18.2. The van der Waals surface area contributed by atoms with E-state index >= 15 is 0 Å². The Bertz CT molecular complexity index is 1430. The molecule has 2 N–H and O–H groups in total. The predicted molar refractivity (Wildman–Crippen MR) is 132 cm³/mol. The number of hydrogen-bond acceptors (Lipinski definition) is 8. The Morgan fingerprint density at radius 3 is 2.78 bits per heavy atom. The number of alkyl halides is 2. The first-order valence-electron chi connectivity index (χ1n) is 12.4. The highest BCUT2D eigenvalue weighted by Gasteiger charge is 2.45. The third kappa shape index (κ3) is 4.56. The lowest BCUT2D eigenvalue weighted by atomic mass is 9.83. The van der Waals surface area contributed by atoms with Gasteiger partial charge in [0.05, 0.1) is 5.01 Å². The lowest BCUT2D eigenvalue weighted by molar-refractivity contribution is -0.286. The van der Waals surface area contributed by atoms with E-state index in [0.717, 1.165) is 24.5 Å². The summed E-state index contributed by atoms with van der Waals surface area (Å²) in [6, 6.07) is 3.06. The van der Waals surface area contributed by atoms with Gasteiger partial charge in [-0.05, 0) is 49.7 Å². The van der Waals surface area contributed by atoms with Gasteiger partial charge < -0.3 is 15.2 Å². The van der Waals surface area contributed by atoms with Crippen LogP contribution in [0.25, 0.3) is 16.6 Å². The number of nitrogen functional groups attached to an aromatic ring is 1. The molecule has 190 valence electrons. The van der Waals surface area contributed by atoms with Gasteiger partial charge in [-0.2, -0.15) is 4.52 Å². The molecule has 0 amide bonds. The first-order chi connectivity index (χ1) is 17.3. The fourth-order valence-corrected chi connectivity index (χ4v) is 5.87. The molecule has 0 spiro atoms. The van der Waals surface area contributed by atoms with Crippen LogP contribution in [0.2, 0.25) is 0 Å². The zero-order chi connectivity index (χ0) is 25.0. The highest BCUT2D eigenvalue weighted by Crippen LogP contribution is 2.45. The van der Waals surface area contributed by atoms with E-state index in [9.17, 15) is 8.78 Å². The SMILES string of the molecule is Cc1csc(CC(CCC2CC2)C(C)CCc2nc3c4ccc5c(c4nc(N)n3n2)OC(F)(F)O5)n1. The topological polar surface area (TPSA) is 100 Å². The molecule has 0 bridgehead atoms. The van der Waals surface area contributed by atoms with Crippen molar-refractivity contribution in [2.24, 2.45) is 17.8 Å². The second-order valence-corrected chi connectivity index (χ2v) is 11.0. The van der Waals surface area contributed by atoms with Crippen LogP contribution in [0.15, 0.2) is 17.5 Å². The van der Waals surface area contributed by atoms with Crippen molar-refractivity contribution in [3.63, 3.8) is 0 Å². The van der Waals surface area contributed by atoms with Crippen molar-refractivity contribution in [2.75, 3.05) is 5.73 Å². The number of rotatable bonds is 9. The summed E-state index contributed by atoms with van der Waals surface area (Å²) >= 11 is 1.75. The molecule has 1 fully saturated rings. The number of aromatic nitrogens is 5. The third-order valence-corrected chi connectivity index (χ3v) is 8.24. The monoisotopic (exact) mass is 514 g/mol. The van der Waals surface area contributed by atoms with Crippen molar-refractivity contribution in [1.82, 2.24) is 24.6 Å². The maximum atomic E-state index is 13.6. The van der Waals surface area contributed by atoms with Gasteiger partial charge in [-0.25, -0.2) is 15.0 Å². The van der Waals surface area contributed by atoms with E-state index in [0.29, 0.717) is 35.1 Å². The van der Waals surface area contributed by atoms with Gasteiger partial charge in [0.15, 0.2) is 23.0 Å². The number of anilines is 1. The number of ether oxygens (including phenoxy) is 2. The Morgan fingerprint density at radius 2 is 2.03 bits per heavy atom. The van der Waals surface area contributed by atoms with Gasteiger partial charge in [-0.1, -0.05) is 26.2 Å². The summed E-state index contributed by atoms with van der Waals surface area (Å²) in [6.07, 6.45) is 4.11. The molecule has 36 heavy (non-hydrogen) atoms. The number of aryl methyl sites for hydroxylation is 2. The van der Waals surface area contributed by atoms with E-state index < -0.39 is 6.29 Å². The van der Waals surface area contributed by atoms with Gasteiger partial charge in [0.1, 0.15) is 5.52 Å². The lowest BCUT2D eigenvalue weighted by Gasteiger charge is -2.23. The number of thiazole rings is 1. The summed E-state index contributed by atoms with van der Waals surface area (Å²) in [7, 11) is 0.